The first-order chi connectivity index (χ1) is 14.1. The van der Waals surface area contributed by atoms with E-state index >= 15 is 0 Å². The van der Waals surface area contributed by atoms with Crippen LogP contribution in [0.2, 0.25) is 0 Å². The first-order valence-electron chi connectivity index (χ1n) is 9.96. The molecule has 2 aliphatic rings. The summed E-state index contributed by atoms with van der Waals surface area (Å²) in [6.07, 6.45) is -2.75. The number of carbonyl (C=O) groups is 1. The number of halogens is 4. The molecule has 2 fully saturated rings. The maximum absolute atomic E-state index is 13.1. The second-order valence-electron chi connectivity index (χ2n) is 8.11. The third-order valence-electron chi connectivity index (χ3n) is 6.03. The summed E-state index contributed by atoms with van der Waals surface area (Å²) in [5, 5.41) is 10.6. The van der Waals surface area contributed by atoms with Gasteiger partial charge in [0, 0.05) is 12.6 Å². The van der Waals surface area contributed by atoms with Crippen molar-refractivity contribution in [3.8, 4) is 5.88 Å². The molecule has 6 nitrogen and oxygen atoms in total. The van der Waals surface area contributed by atoms with Gasteiger partial charge < -0.3 is 19.5 Å². The topological polar surface area (TPSA) is 71.9 Å². The number of hydrogen-bond donors (Lipinski definition) is 1. The average molecular weight is 434 g/mol. The first-order valence-corrected chi connectivity index (χ1v) is 9.96. The largest absolute Gasteiger partial charge is 0.465 e. The molecule has 168 valence electrons. The number of rotatable bonds is 7. The number of aliphatic hydroxyl groups is 1. The maximum Gasteiger partial charge on any atom is 0.425 e. The number of hydrogen-bond acceptors (Lipinski definition) is 5. The van der Waals surface area contributed by atoms with Crippen LogP contribution in [0.3, 0.4) is 0 Å². The van der Waals surface area contributed by atoms with E-state index in [0.717, 1.165) is 6.92 Å². The van der Waals surface area contributed by atoms with Gasteiger partial charge in [0.1, 0.15) is 6.67 Å². The fraction of sp³-hybridized carbons (Fsp3) is 0.700. The first kappa shape index (κ1) is 22.7. The maximum atomic E-state index is 13.1. The average Bonchev–Trinajstić information content (AvgIpc) is 3.01. The Kier molecular flexibility index (Phi) is 6.57. The van der Waals surface area contributed by atoms with Crippen molar-refractivity contribution in [2.24, 2.45) is 5.41 Å². The number of carbonyl (C=O) groups excluding carboxylic acids is 1. The van der Waals surface area contributed by atoms with Crippen molar-refractivity contribution < 1.29 is 36.9 Å². The lowest BCUT2D eigenvalue weighted by molar-refractivity contribution is -0.189. The van der Waals surface area contributed by atoms with E-state index in [1.54, 1.807) is 4.90 Å². The third-order valence-corrected chi connectivity index (χ3v) is 6.03. The number of aromatic nitrogens is 1. The molecule has 1 saturated carbocycles. The van der Waals surface area contributed by atoms with Crippen molar-refractivity contribution in [3.05, 3.63) is 18.3 Å². The van der Waals surface area contributed by atoms with E-state index < -0.39 is 30.0 Å². The quantitative estimate of drug-likeness (QED) is 0.526. The predicted molar refractivity (Wildman–Crippen MR) is 100.0 cm³/mol. The number of pyridine rings is 1. The molecule has 0 radical (unpaired) electrons. The molecule has 1 atom stereocenters. The molecule has 0 bridgehead atoms. The monoisotopic (exact) mass is 434 g/mol. The van der Waals surface area contributed by atoms with Crippen molar-refractivity contribution in [1.82, 2.24) is 4.98 Å². The van der Waals surface area contributed by atoms with Gasteiger partial charge in [0.15, 0.2) is 6.10 Å². The van der Waals surface area contributed by atoms with Gasteiger partial charge in [0.25, 0.3) is 0 Å². The van der Waals surface area contributed by atoms with Gasteiger partial charge in [-0.05, 0) is 45.1 Å². The summed E-state index contributed by atoms with van der Waals surface area (Å²) < 4.78 is 59.9. The Balaban J connectivity index is 1.60. The smallest absolute Gasteiger partial charge is 0.425 e. The summed E-state index contributed by atoms with van der Waals surface area (Å²) in [4.78, 5) is 18.6. The molecular formula is C20H26F4N2O4. The Hall–Kier alpha value is -1.94. The van der Waals surface area contributed by atoms with Crippen LogP contribution in [-0.2, 0) is 9.53 Å². The fourth-order valence-electron chi connectivity index (χ4n) is 4.04. The third kappa shape index (κ3) is 4.85. The molecule has 1 aromatic heterocycles. The van der Waals surface area contributed by atoms with Crippen molar-refractivity contribution in [2.45, 2.75) is 56.9 Å². The van der Waals surface area contributed by atoms with Crippen LogP contribution < -0.4 is 9.64 Å². The number of ether oxygens (including phenoxy) is 2. The summed E-state index contributed by atoms with van der Waals surface area (Å²) in [6, 6.07) is 2.84. The lowest BCUT2D eigenvalue weighted by Gasteiger charge is -2.40. The highest BCUT2D eigenvalue weighted by Gasteiger charge is 2.51. The molecule has 1 aliphatic heterocycles. The van der Waals surface area contributed by atoms with E-state index in [4.69, 9.17) is 9.47 Å². The van der Waals surface area contributed by atoms with Crippen molar-refractivity contribution >= 4 is 11.6 Å². The summed E-state index contributed by atoms with van der Waals surface area (Å²) in [5.41, 5.74) is -1.13. The molecule has 1 saturated heterocycles. The van der Waals surface area contributed by atoms with Crippen LogP contribution in [0.4, 0.5) is 23.2 Å². The molecular weight excluding hydrogens is 408 g/mol. The second-order valence-corrected chi connectivity index (χ2v) is 8.11. The lowest BCUT2D eigenvalue weighted by atomic mass is 9.68. The highest BCUT2D eigenvalue weighted by atomic mass is 19.4. The molecule has 1 aliphatic carbocycles. The zero-order valence-electron chi connectivity index (χ0n) is 16.8. The molecule has 30 heavy (non-hydrogen) atoms. The van der Waals surface area contributed by atoms with Crippen molar-refractivity contribution in [1.29, 1.82) is 0 Å². The van der Waals surface area contributed by atoms with Gasteiger partial charge in [0.05, 0.1) is 36.1 Å². The molecule has 1 aromatic rings. The van der Waals surface area contributed by atoms with Crippen LogP contribution in [0.1, 0.15) is 39.0 Å². The van der Waals surface area contributed by atoms with Gasteiger partial charge in [-0.25, -0.2) is 9.37 Å². The van der Waals surface area contributed by atoms with Crippen LogP contribution in [0.15, 0.2) is 18.3 Å². The van der Waals surface area contributed by atoms with Gasteiger partial charge in [0.2, 0.25) is 11.8 Å². The number of amides is 1. The Bertz CT molecular complexity index is 733. The Labute approximate surface area is 172 Å². The van der Waals surface area contributed by atoms with E-state index in [9.17, 15) is 27.5 Å². The van der Waals surface area contributed by atoms with Crippen LogP contribution in [-0.4, -0.2) is 60.3 Å². The van der Waals surface area contributed by atoms with E-state index in [2.05, 4.69) is 4.98 Å². The minimum Gasteiger partial charge on any atom is -0.465 e. The van der Waals surface area contributed by atoms with E-state index in [1.807, 2.05) is 0 Å². The Morgan fingerprint density at radius 3 is 2.50 bits per heavy atom. The van der Waals surface area contributed by atoms with Crippen molar-refractivity contribution in [3.63, 3.8) is 0 Å². The molecule has 0 aromatic carbocycles. The highest BCUT2D eigenvalue weighted by molar-refractivity contribution is 5.99. The zero-order chi connectivity index (χ0) is 22.0. The van der Waals surface area contributed by atoms with Crippen LogP contribution in [0.5, 0.6) is 5.88 Å². The molecule has 1 spiro atoms. The SMILES string of the molecule is C[C@H](Oc1ccc(N2CC[C@]3(CC[C@@](O)(COCCF)CC3)C2=O)cn1)C(F)(F)F. The van der Waals surface area contributed by atoms with Gasteiger partial charge in [-0.3, -0.25) is 4.79 Å². The minimum atomic E-state index is -4.49. The summed E-state index contributed by atoms with van der Waals surface area (Å²) in [7, 11) is 0. The molecule has 10 heteroatoms. The predicted octanol–water partition coefficient (Wildman–Crippen LogP) is 3.43. The molecule has 1 N–H and O–H groups in total. The van der Waals surface area contributed by atoms with E-state index in [-0.39, 0.29) is 25.0 Å². The van der Waals surface area contributed by atoms with Crippen LogP contribution in [0, 0.1) is 5.41 Å². The standard InChI is InChI=1S/C20H26F4N2O4/c1-14(20(22,23)24)30-16-3-2-15(12-25-16)26-10-8-18(17(26)27)4-6-19(28,7-5-18)13-29-11-9-21/h2-3,12,14,28H,4-11,13H2,1H3/t14-,18-,19+/m0/s1. The molecule has 0 unspecified atom stereocenters. The van der Waals surface area contributed by atoms with Crippen LogP contribution >= 0.6 is 0 Å². The van der Waals surface area contributed by atoms with Gasteiger partial charge in [-0.1, -0.05) is 0 Å². The van der Waals surface area contributed by atoms with Crippen LogP contribution in [0.25, 0.3) is 0 Å². The number of anilines is 1. The van der Waals surface area contributed by atoms with E-state index in [0.29, 0.717) is 44.3 Å². The molecule has 1 amide bonds. The molecule has 3 rings (SSSR count). The van der Waals surface area contributed by atoms with Crippen molar-refractivity contribution in [2.75, 3.05) is 31.3 Å². The van der Waals surface area contributed by atoms with E-state index in [1.165, 1.54) is 18.3 Å². The minimum absolute atomic E-state index is 0.0482. The molecule has 2 heterocycles. The van der Waals surface area contributed by atoms with Gasteiger partial charge in [-0.2, -0.15) is 13.2 Å². The number of nitrogens with zero attached hydrogens (tertiary/aromatic N) is 2. The number of alkyl halides is 4. The summed E-state index contributed by atoms with van der Waals surface area (Å²) in [5.74, 6) is -0.241. The highest BCUT2D eigenvalue weighted by Crippen LogP contribution is 2.48. The normalized spacial score (nSPS) is 28.2. The summed E-state index contributed by atoms with van der Waals surface area (Å²) in [6.45, 7) is 0.744. The Morgan fingerprint density at radius 2 is 1.93 bits per heavy atom. The second kappa shape index (κ2) is 8.66. The lowest BCUT2D eigenvalue weighted by Crippen LogP contribution is -2.45. The zero-order valence-corrected chi connectivity index (χ0v) is 16.8. The summed E-state index contributed by atoms with van der Waals surface area (Å²) >= 11 is 0. The van der Waals surface area contributed by atoms with Gasteiger partial charge in [-0.15, -0.1) is 0 Å². The van der Waals surface area contributed by atoms with Gasteiger partial charge >= 0.3 is 6.18 Å². The fourth-order valence-corrected chi connectivity index (χ4v) is 4.04. The Morgan fingerprint density at radius 1 is 1.23 bits per heavy atom.